The molecule has 4 unspecified atom stereocenters. The summed E-state index contributed by atoms with van der Waals surface area (Å²) in [5.41, 5.74) is 0. The predicted octanol–water partition coefficient (Wildman–Crippen LogP) is 2.65. The highest BCUT2D eigenvalue weighted by Crippen LogP contribution is 2.38. The number of carbonyl (C=O) groups is 1. The fraction of sp³-hybridized carbons (Fsp3) is 0.938. The van der Waals surface area contributed by atoms with E-state index in [1.54, 1.807) is 0 Å². The van der Waals surface area contributed by atoms with Gasteiger partial charge in [0.2, 0.25) is 5.91 Å². The van der Waals surface area contributed by atoms with Gasteiger partial charge in [-0.05, 0) is 57.2 Å². The van der Waals surface area contributed by atoms with E-state index in [9.17, 15) is 4.79 Å². The van der Waals surface area contributed by atoms with Crippen LogP contribution in [-0.4, -0.2) is 47.5 Å². The Morgan fingerprint density at radius 1 is 1.15 bits per heavy atom. The van der Waals surface area contributed by atoms with Gasteiger partial charge in [-0.15, -0.1) is 0 Å². The van der Waals surface area contributed by atoms with Crippen LogP contribution in [-0.2, 0) is 4.79 Å². The molecule has 1 amide bonds. The lowest BCUT2D eigenvalue weighted by Gasteiger charge is -2.36. The zero-order chi connectivity index (χ0) is 13.9. The van der Waals surface area contributed by atoms with Crippen molar-refractivity contribution < 1.29 is 4.79 Å². The third kappa shape index (κ3) is 3.01. The van der Waals surface area contributed by atoms with Crippen molar-refractivity contribution >= 4 is 17.7 Å². The Morgan fingerprint density at radius 3 is 2.80 bits per heavy atom. The molecule has 114 valence electrons. The van der Waals surface area contributed by atoms with Crippen molar-refractivity contribution in [1.82, 2.24) is 10.2 Å². The van der Waals surface area contributed by atoms with Crippen molar-refractivity contribution in [2.45, 2.75) is 68.7 Å². The van der Waals surface area contributed by atoms with Crippen LogP contribution in [0, 0.1) is 5.92 Å². The largest absolute Gasteiger partial charge is 0.337 e. The minimum absolute atomic E-state index is 0.0641. The molecule has 0 spiro atoms. The molecule has 1 N–H and O–H groups in total. The molecule has 0 bridgehead atoms. The van der Waals surface area contributed by atoms with Crippen LogP contribution in [0.2, 0.25) is 0 Å². The maximum atomic E-state index is 12.8. The van der Waals surface area contributed by atoms with E-state index in [0.717, 1.165) is 18.9 Å². The summed E-state index contributed by atoms with van der Waals surface area (Å²) < 4.78 is 0. The molecule has 0 radical (unpaired) electrons. The molecular formula is C16H28N2OS. The number of nitrogens with zero attached hydrogens (tertiary/aromatic N) is 1. The topological polar surface area (TPSA) is 32.3 Å². The Bertz CT molecular complexity index is 343. The first-order valence-electron chi connectivity index (χ1n) is 8.39. The van der Waals surface area contributed by atoms with Gasteiger partial charge in [-0.2, -0.15) is 11.8 Å². The van der Waals surface area contributed by atoms with E-state index in [2.05, 4.69) is 22.0 Å². The summed E-state index contributed by atoms with van der Waals surface area (Å²) in [6.07, 6.45) is 10.2. The standard InChI is InChI=1S/C16H28N2OS/c1-17-14-9-8-12-5-4-7-15(12)18(16(14)19)11-13-6-2-3-10-20-13/h12-15,17H,2-11H2,1H3. The van der Waals surface area contributed by atoms with Crippen molar-refractivity contribution in [3.05, 3.63) is 0 Å². The zero-order valence-corrected chi connectivity index (χ0v) is 13.5. The first-order chi connectivity index (χ1) is 9.79. The highest BCUT2D eigenvalue weighted by Gasteiger charge is 2.40. The number of likely N-dealkylation sites (tertiary alicyclic amines) is 1. The van der Waals surface area contributed by atoms with Gasteiger partial charge >= 0.3 is 0 Å². The fourth-order valence-electron chi connectivity index (χ4n) is 4.30. The van der Waals surface area contributed by atoms with E-state index in [0.29, 0.717) is 17.2 Å². The lowest BCUT2D eigenvalue weighted by Crippen LogP contribution is -2.50. The quantitative estimate of drug-likeness (QED) is 0.869. The number of hydrogen-bond donors (Lipinski definition) is 1. The maximum absolute atomic E-state index is 12.8. The summed E-state index contributed by atoms with van der Waals surface area (Å²) in [7, 11) is 1.94. The van der Waals surface area contributed by atoms with Gasteiger partial charge in [0.25, 0.3) is 0 Å². The molecule has 3 aliphatic rings. The summed E-state index contributed by atoms with van der Waals surface area (Å²) in [5.74, 6) is 2.44. The van der Waals surface area contributed by atoms with Gasteiger partial charge in [-0.25, -0.2) is 0 Å². The lowest BCUT2D eigenvalue weighted by molar-refractivity contribution is -0.135. The summed E-state index contributed by atoms with van der Waals surface area (Å²) in [6, 6.07) is 0.609. The van der Waals surface area contributed by atoms with Gasteiger partial charge in [0.05, 0.1) is 6.04 Å². The highest BCUT2D eigenvalue weighted by atomic mass is 32.2. The molecule has 3 nitrogen and oxygen atoms in total. The number of nitrogens with one attached hydrogen (secondary N) is 1. The summed E-state index contributed by atoms with van der Waals surface area (Å²) in [4.78, 5) is 15.1. The van der Waals surface area contributed by atoms with Crippen LogP contribution in [0.1, 0.15) is 51.4 Å². The minimum Gasteiger partial charge on any atom is -0.337 e. The van der Waals surface area contributed by atoms with E-state index in [1.165, 1.54) is 50.7 Å². The zero-order valence-electron chi connectivity index (χ0n) is 12.6. The number of likely N-dealkylation sites (N-methyl/N-ethyl adjacent to an activating group) is 1. The molecule has 1 aliphatic carbocycles. The SMILES string of the molecule is CNC1CCC2CCCC2N(CC2CCCCS2)C1=O. The highest BCUT2D eigenvalue weighted by molar-refractivity contribution is 7.99. The Kier molecular flexibility index (Phi) is 4.92. The number of hydrogen-bond acceptors (Lipinski definition) is 3. The number of carbonyl (C=O) groups excluding carboxylic acids is 1. The molecule has 20 heavy (non-hydrogen) atoms. The van der Waals surface area contributed by atoms with Crippen LogP contribution in [0.5, 0.6) is 0 Å². The lowest BCUT2D eigenvalue weighted by atomic mass is 9.97. The molecule has 0 aromatic carbocycles. The summed E-state index contributed by atoms with van der Waals surface area (Å²) in [5, 5.41) is 3.94. The van der Waals surface area contributed by atoms with Crippen LogP contribution in [0.4, 0.5) is 0 Å². The molecule has 2 saturated heterocycles. The van der Waals surface area contributed by atoms with Crippen molar-refractivity contribution in [1.29, 1.82) is 0 Å². The van der Waals surface area contributed by atoms with Gasteiger partial charge in [0, 0.05) is 17.8 Å². The Hall–Kier alpha value is -0.220. The molecular weight excluding hydrogens is 268 g/mol. The fourth-order valence-corrected chi connectivity index (χ4v) is 5.60. The van der Waals surface area contributed by atoms with Crippen LogP contribution in [0.15, 0.2) is 0 Å². The number of amides is 1. The molecule has 3 fully saturated rings. The molecule has 0 aromatic heterocycles. The third-order valence-corrected chi connectivity index (χ3v) is 6.83. The molecule has 2 aliphatic heterocycles. The number of rotatable bonds is 3. The molecule has 0 aromatic rings. The smallest absolute Gasteiger partial charge is 0.239 e. The number of fused-ring (bicyclic) bond motifs is 1. The van der Waals surface area contributed by atoms with Crippen LogP contribution in [0.25, 0.3) is 0 Å². The summed E-state index contributed by atoms with van der Waals surface area (Å²) >= 11 is 2.09. The van der Waals surface area contributed by atoms with Crippen molar-refractivity contribution in [2.24, 2.45) is 5.92 Å². The monoisotopic (exact) mass is 296 g/mol. The minimum atomic E-state index is 0.0641. The van der Waals surface area contributed by atoms with Crippen LogP contribution >= 0.6 is 11.8 Å². The normalized spacial score (nSPS) is 38.6. The van der Waals surface area contributed by atoms with E-state index < -0.39 is 0 Å². The first kappa shape index (κ1) is 14.7. The van der Waals surface area contributed by atoms with Gasteiger partial charge in [-0.1, -0.05) is 12.8 Å². The molecule has 4 atom stereocenters. The average Bonchev–Trinajstić information content (AvgIpc) is 2.90. The van der Waals surface area contributed by atoms with E-state index in [1.807, 2.05) is 7.05 Å². The average molecular weight is 296 g/mol. The van der Waals surface area contributed by atoms with Crippen molar-refractivity contribution in [2.75, 3.05) is 19.3 Å². The maximum Gasteiger partial charge on any atom is 0.239 e. The van der Waals surface area contributed by atoms with E-state index in [4.69, 9.17) is 0 Å². The van der Waals surface area contributed by atoms with Crippen LogP contribution < -0.4 is 5.32 Å². The Labute approximate surface area is 127 Å². The molecule has 4 heteroatoms. The first-order valence-corrected chi connectivity index (χ1v) is 9.44. The van der Waals surface area contributed by atoms with Gasteiger partial charge in [-0.3, -0.25) is 4.79 Å². The Morgan fingerprint density at radius 2 is 2.05 bits per heavy atom. The second kappa shape index (κ2) is 6.69. The second-order valence-electron chi connectivity index (χ2n) is 6.66. The molecule has 1 saturated carbocycles. The second-order valence-corrected chi connectivity index (χ2v) is 8.06. The van der Waals surface area contributed by atoms with Crippen molar-refractivity contribution in [3.8, 4) is 0 Å². The van der Waals surface area contributed by atoms with E-state index in [-0.39, 0.29) is 6.04 Å². The van der Waals surface area contributed by atoms with E-state index >= 15 is 0 Å². The van der Waals surface area contributed by atoms with Crippen LogP contribution in [0.3, 0.4) is 0 Å². The van der Waals surface area contributed by atoms with Gasteiger partial charge in [0.1, 0.15) is 0 Å². The number of thioether (sulfide) groups is 1. The Balaban J connectivity index is 1.73. The van der Waals surface area contributed by atoms with Crippen molar-refractivity contribution in [3.63, 3.8) is 0 Å². The van der Waals surface area contributed by atoms with Gasteiger partial charge < -0.3 is 10.2 Å². The van der Waals surface area contributed by atoms with Gasteiger partial charge in [0.15, 0.2) is 0 Å². The predicted molar refractivity (Wildman–Crippen MR) is 85.0 cm³/mol. The summed E-state index contributed by atoms with van der Waals surface area (Å²) in [6.45, 7) is 1.00. The third-order valence-electron chi connectivity index (χ3n) is 5.45. The molecule has 2 heterocycles. The molecule has 3 rings (SSSR count).